The fourth-order valence-corrected chi connectivity index (χ4v) is 4.11. The van der Waals surface area contributed by atoms with Crippen LogP contribution in [0.5, 0.6) is 0 Å². The van der Waals surface area contributed by atoms with Crippen molar-refractivity contribution in [2.24, 2.45) is 5.73 Å². The predicted molar refractivity (Wildman–Crippen MR) is 102 cm³/mol. The molecule has 1 aliphatic heterocycles. The van der Waals surface area contributed by atoms with Gasteiger partial charge in [0, 0.05) is 29.9 Å². The molecule has 1 saturated heterocycles. The van der Waals surface area contributed by atoms with Gasteiger partial charge in [0.2, 0.25) is 0 Å². The Balaban J connectivity index is 1.50. The van der Waals surface area contributed by atoms with Crippen molar-refractivity contribution in [2.75, 3.05) is 6.54 Å². The summed E-state index contributed by atoms with van der Waals surface area (Å²) < 4.78 is 2.18. The summed E-state index contributed by atoms with van der Waals surface area (Å²) in [5.41, 5.74) is 11.0. The third-order valence-electron chi connectivity index (χ3n) is 5.83. The molecule has 0 aromatic carbocycles. The van der Waals surface area contributed by atoms with Crippen molar-refractivity contribution in [3.63, 3.8) is 0 Å². The van der Waals surface area contributed by atoms with Crippen LogP contribution in [0.4, 0.5) is 0 Å². The summed E-state index contributed by atoms with van der Waals surface area (Å²) in [5.74, 6) is 0. The molecule has 5 rings (SSSR count). The second-order valence-corrected chi connectivity index (χ2v) is 7.76. The molecule has 134 valence electrons. The van der Waals surface area contributed by atoms with Crippen LogP contribution in [0.25, 0.3) is 22.3 Å². The highest BCUT2D eigenvalue weighted by Crippen LogP contribution is 2.45. The molecule has 0 radical (unpaired) electrons. The van der Waals surface area contributed by atoms with Crippen LogP contribution in [0.15, 0.2) is 30.6 Å². The molecular formula is C20H24N6. The van der Waals surface area contributed by atoms with Crippen LogP contribution in [0.2, 0.25) is 0 Å². The van der Waals surface area contributed by atoms with Crippen LogP contribution in [0.1, 0.15) is 43.0 Å². The molecule has 6 nitrogen and oxygen atoms in total. The van der Waals surface area contributed by atoms with Gasteiger partial charge in [-0.3, -0.25) is 9.67 Å². The van der Waals surface area contributed by atoms with Crippen molar-refractivity contribution in [2.45, 2.75) is 50.7 Å². The fraction of sp³-hybridized carbons (Fsp3) is 0.450. The van der Waals surface area contributed by atoms with Crippen molar-refractivity contribution in [1.82, 2.24) is 25.1 Å². The first-order valence-corrected chi connectivity index (χ1v) is 9.43. The molecule has 3 aromatic rings. The van der Waals surface area contributed by atoms with E-state index in [-0.39, 0.29) is 0 Å². The summed E-state index contributed by atoms with van der Waals surface area (Å²) in [4.78, 5) is 9.17. The van der Waals surface area contributed by atoms with Gasteiger partial charge in [-0.25, -0.2) is 4.98 Å². The van der Waals surface area contributed by atoms with Crippen LogP contribution >= 0.6 is 0 Å². The second-order valence-electron chi connectivity index (χ2n) is 7.76. The number of nitrogens with one attached hydrogen (secondary N) is 1. The molecule has 1 aliphatic carbocycles. The number of fused-ring (bicyclic) bond motifs is 1. The van der Waals surface area contributed by atoms with Crippen LogP contribution < -0.4 is 11.1 Å². The van der Waals surface area contributed by atoms with E-state index in [0.29, 0.717) is 18.1 Å². The first-order valence-electron chi connectivity index (χ1n) is 9.43. The lowest BCUT2D eigenvalue weighted by molar-refractivity contribution is 0.271. The summed E-state index contributed by atoms with van der Waals surface area (Å²) in [5, 5.41) is 9.64. The minimum absolute atomic E-state index is 0.399. The van der Waals surface area contributed by atoms with Gasteiger partial charge in [0.25, 0.3) is 0 Å². The van der Waals surface area contributed by atoms with Crippen LogP contribution in [-0.2, 0) is 6.54 Å². The molecule has 2 fully saturated rings. The first kappa shape index (κ1) is 15.9. The zero-order valence-corrected chi connectivity index (χ0v) is 15.1. The first-order chi connectivity index (χ1) is 12.7. The molecule has 6 heteroatoms. The normalized spacial score (nSPS) is 21.4. The minimum atomic E-state index is 0.399. The molecule has 1 saturated carbocycles. The van der Waals surface area contributed by atoms with Crippen molar-refractivity contribution in [3.8, 4) is 11.4 Å². The van der Waals surface area contributed by atoms with E-state index in [2.05, 4.69) is 34.2 Å². The van der Waals surface area contributed by atoms with Crippen molar-refractivity contribution < 1.29 is 0 Å². The maximum absolute atomic E-state index is 5.72. The van der Waals surface area contributed by atoms with Gasteiger partial charge >= 0.3 is 0 Å². The third-order valence-corrected chi connectivity index (χ3v) is 5.83. The molecule has 1 spiro atoms. The largest absolute Gasteiger partial charge is 0.325 e. The van der Waals surface area contributed by atoms with Crippen LogP contribution in [0.3, 0.4) is 0 Å². The summed E-state index contributed by atoms with van der Waals surface area (Å²) in [6.45, 7) is 3.63. The Kier molecular flexibility index (Phi) is 3.58. The third kappa shape index (κ3) is 2.70. The number of nitrogens with zero attached hydrogens (tertiary/aromatic N) is 4. The molecule has 0 bridgehead atoms. The number of aromatic nitrogens is 4. The quantitative estimate of drug-likeness (QED) is 0.760. The van der Waals surface area contributed by atoms with Gasteiger partial charge in [0.15, 0.2) is 0 Å². The van der Waals surface area contributed by atoms with Gasteiger partial charge in [-0.05, 0) is 62.9 Å². The number of pyridine rings is 2. The van der Waals surface area contributed by atoms with Crippen molar-refractivity contribution >= 4 is 10.9 Å². The fourth-order valence-electron chi connectivity index (χ4n) is 4.11. The molecule has 4 heterocycles. The second kappa shape index (κ2) is 5.86. The topological polar surface area (TPSA) is 81.7 Å². The van der Waals surface area contributed by atoms with Gasteiger partial charge in [0.05, 0.1) is 22.9 Å². The van der Waals surface area contributed by atoms with E-state index in [0.717, 1.165) is 41.0 Å². The number of nitrogens with two attached hydrogens (primary N) is 1. The molecular weight excluding hydrogens is 324 g/mol. The lowest BCUT2D eigenvalue weighted by Gasteiger charge is -2.30. The smallest absolute Gasteiger partial charge is 0.114 e. The Morgan fingerprint density at radius 2 is 2.23 bits per heavy atom. The molecule has 3 N–H and O–H groups in total. The standard InChI is InChI=1S/C20H24N6/c1-13-12-26(16-4-7-23-20(9-16)5-6-20)25-19(13)17-3-2-14-11-22-15(10-21)8-18(14)24-17/h2-3,8,11-12,16,23H,4-7,9-10,21H2,1H3. The van der Waals surface area contributed by atoms with Crippen molar-refractivity contribution in [1.29, 1.82) is 0 Å². The maximum Gasteiger partial charge on any atom is 0.114 e. The van der Waals surface area contributed by atoms with Gasteiger partial charge in [0.1, 0.15) is 5.69 Å². The highest BCUT2D eigenvalue weighted by Gasteiger charge is 2.46. The van der Waals surface area contributed by atoms with E-state index in [9.17, 15) is 0 Å². The molecule has 0 amide bonds. The summed E-state index contributed by atoms with van der Waals surface area (Å²) in [6, 6.07) is 6.55. The van der Waals surface area contributed by atoms with Crippen molar-refractivity contribution in [3.05, 3.63) is 41.9 Å². The van der Waals surface area contributed by atoms with Gasteiger partial charge in [-0.15, -0.1) is 0 Å². The summed E-state index contributed by atoms with van der Waals surface area (Å²) >= 11 is 0. The SMILES string of the molecule is Cc1cn(C2CCNC3(CC3)C2)nc1-c1ccc2cnc(CN)cc2n1. The molecule has 1 unspecified atom stereocenters. The maximum atomic E-state index is 5.72. The van der Waals surface area contributed by atoms with Gasteiger partial charge in [-0.1, -0.05) is 0 Å². The van der Waals surface area contributed by atoms with E-state index in [1.165, 1.54) is 24.8 Å². The van der Waals surface area contributed by atoms with E-state index < -0.39 is 0 Å². The monoisotopic (exact) mass is 348 g/mol. The summed E-state index contributed by atoms with van der Waals surface area (Å²) in [6.07, 6.45) is 8.96. The van der Waals surface area contributed by atoms with E-state index in [1.807, 2.05) is 18.3 Å². The molecule has 1 atom stereocenters. The van der Waals surface area contributed by atoms with Gasteiger partial charge in [-0.2, -0.15) is 5.10 Å². The Morgan fingerprint density at radius 3 is 3.04 bits per heavy atom. The Hall–Kier alpha value is -2.31. The number of rotatable bonds is 3. The van der Waals surface area contributed by atoms with Gasteiger partial charge < -0.3 is 11.1 Å². The Morgan fingerprint density at radius 1 is 1.35 bits per heavy atom. The van der Waals surface area contributed by atoms with Crippen LogP contribution in [-0.4, -0.2) is 31.8 Å². The highest BCUT2D eigenvalue weighted by atomic mass is 15.3. The lowest BCUT2D eigenvalue weighted by Crippen LogP contribution is -2.40. The Labute approximate surface area is 152 Å². The Bertz CT molecular complexity index is 972. The average Bonchev–Trinajstić information content (AvgIpc) is 3.29. The molecule has 26 heavy (non-hydrogen) atoms. The zero-order chi connectivity index (χ0) is 17.7. The average molecular weight is 348 g/mol. The van der Waals surface area contributed by atoms with Crippen LogP contribution in [0, 0.1) is 6.92 Å². The molecule has 3 aromatic heterocycles. The number of hydrogen-bond donors (Lipinski definition) is 2. The van der Waals surface area contributed by atoms with E-state index >= 15 is 0 Å². The number of aryl methyl sites for hydroxylation is 1. The predicted octanol–water partition coefficient (Wildman–Crippen LogP) is 2.72. The highest BCUT2D eigenvalue weighted by molar-refractivity contribution is 5.80. The number of piperidine rings is 1. The zero-order valence-electron chi connectivity index (χ0n) is 15.1. The molecule has 2 aliphatic rings. The number of hydrogen-bond acceptors (Lipinski definition) is 5. The van der Waals surface area contributed by atoms with E-state index in [1.54, 1.807) is 0 Å². The summed E-state index contributed by atoms with van der Waals surface area (Å²) in [7, 11) is 0. The lowest BCUT2D eigenvalue weighted by atomic mass is 9.98. The van der Waals surface area contributed by atoms with E-state index in [4.69, 9.17) is 15.8 Å². The minimum Gasteiger partial charge on any atom is -0.325 e.